The molecule has 2 unspecified atom stereocenters. The van der Waals surface area contributed by atoms with Crippen LogP contribution in [0, 0.1) is 11.8 Å². The van der Waals surface area contributed by atoms with Crippen molar-refractivity contribution in [1.82, 2.24) is 9.80 Å². The topological polar surface area (TPSA) is 32.5 Å². The molecular weight excluding hydrogens is 210 g/mol. The number of piperidine rings is 3. The second-order valence-electron chi connectivity index (χ2n) is 6.55. The van der Waals surface area contributed by atoms with E-state index in [0.717, 1.165) is 24.4 Å². The zero-order valence-electron chi connectivity index (χ0n) is 11.4. The fourth-order valence-electron chi connectivity index (χ4n) is 4.22. The number of likely N-dealkylation sites (N-methyl/N-ethyl adjacent to an activating group) is 1. The maximum Gasteiger partial charge on any atom is 0.0487 e. The van der Waals surface area contributed by atoms with Gasteiger partial charge in [-0.15, -0.1) is 0 Å². The second-order valence-corrected chi connectivity index (χ2v) is 6.55. The van der Waals surface area contributed by atoms with Crippen LogP contribution in [0.5, 0.6) is 0 Å². The molecule has 0 aromatic heterocycles. The third-order valence-electron chi connectivity index (χ3n) is 5.82. The maximum atomic E-state index is 6.22. The van der Waals surface area contributed by atoms with Gasteiger partial charge in [0.05, 0.1) is 0 Å². The van der Waals surface area contributed by atoms with Gasteiger partial charge < -0.3 is 10.6 Å². The summed E-state index contributed by atoms with van der Waals surface area (Å²) in [6, 6.07) is 0.721. The molecule has 3 saturated heterocycles. The van der Waals surface area contributed by atoms with Crippen molar-refractivity contribution in [2.45, 2.75) is 44.2 Å². The Morgan fingerprint density at radius 2 is 1.94 bits per heavy atom. The van der Waals surface area contributed by atoms with Crippen LogP contribution in [-0.2, 0) is 0 Å². The summed E-state index contributed by atoms with van der Waals surface area (Å²) >= 11 is 0. The molecule has 4 aliphatic rings. The summed E-state index contributed by atoms with van der Waals surface area (Å²) in [5.74, 6) is 1.78. The molecule has 3 nitrogen and oxygen atoms in total. The molecule has 4 fully saturated rings. The van der Waals surface area contributed by atoms with Crippen molar-refractivity contribution in [3.05, 3.63) is 0 Å². The summed E-state index contributed by atoms with van der Waals surface area (Å²) in [5.41, 5.74) is 6.49. The van der Waals surface area contributed by atoms with E-state index in [0.29, 0.717) is 0 Å². The summed E-state index contributed by atoms with van der Waals surface area (Å²) in [6.45, 7) is 7.06. The van der Waals surface area contributed by atoms with Crippen molar-refractivity contribution < 1.29 is 0 Å². The molecule has 1 saturated carbocycles. The molecule has 1 aliphatic carbocycles. The normalized spacial score (nSPS) is 43.1. The van der Waals surface area contributed by atoms with Gasteiger partial charge in [-0.3, -0.25) is 4.90 Å². The number of rotatable bonds is 4. The minimum atomic E-state index is 0.276. The lowest BCUT2D eigenvalue weighted by atomic mass is 9.71. The minimum Gasteiger partial charge on any atom is -0.329 e. The highest BCUT2D eigenvalue weighted by Gasteiger charge is 2.50. The predicted octanol–water partition coefficient (Wildman–Crippen LogP) is 1.14. The molecule has 0 aromatic rings. The molecule has 2 N–H and O–H groups in total. The molecule has 2 bridgehead atoms. The van der Waals surface area contributed by atoms with Gasteiger partial charge >= 0.3 is 0 Å². The molecule has 3 heteroatoms. The van der Waals surface area contributed by atoms with Crippen LogP contribution in [0.25, 0.3) is 0 Å². The van der Waals surface area contributed by atoms with Gasteiger partial charge in [-0.25, -0.2) is 0 Å². The van der Waals surface area contributed by atoms with Crippen molar-refractivity contribution in [2.24, 2.45) is 17.6 Å². The first-order chi connectivity index (χ1) is 8.17. The Bertz CT molecular complexity index is 281. The molecule has 0 aromatic carbocycles. The van der Waals surface area contributed by atoms with E-state index in [-0.39, 0.29) is 5.54 Å². The SMILES string of the molecule is CC(C1CC1)N(C)C1(CN)CN2CCC1CC2. The highest BCUT2D eigenvalue weighted by molar-refractivity contribution is 5.07. The van der Waals surface area contributed by atoms with Crippen molar-refractivity contribution >= 4 is 0 Å². The van der Waals surface area contributed by atoms with Crippen LogP contribution in [0.2, 0.25) is 0 Å². The van der Waals surface area contributed by atoms with Gasteiger partial charge in [-0.1, -0.05) is 0 Å². The fourth-order valence-corrected chi connectivity index (χ4v) is 4.22. The van der Waals surface area contributed by atoms with E-state index < -0.39 is 0 Å². The van der Waals surface area contributed by atoms with Crippen LogP contribution < -0.4 is 5.73 Å². The van der Waals surface area contributed by atoms with Gasteiger partial charge in [-0.05, 0) is 64.6 Å². The Labute approximate surface area is 105 Å². The van der Waals surface area contributed by atoms with Crippen LogP contribution in [0.3, 0.4) is 0 Å². The molecule has 4 rings (SSSR count). The van der Waals surface area contributed by atoms with E-state index >= 15 is 0 Å². The van der Waals surface area contributed by atoms with Gasteiger partial charge in [0.2, 0.25) is 0 Å². The zero-order valence-corrected chi connectivity index (χ0v) is 11.4. The number of hydrogen-bond donors (Lipinski definition) is 1. The second kappa shape index (κ2) is 4.22. The van der Waals surface area contributed by atoms with Gasteiger partial charge in [0, 0.05) is 24.7 Å². The Kier molecular flexibility index (Phi) is 2.96. The maximum absolute atomic E-state index is 6.22. The monoisotopic (exact) mass is 237 g/mol. The molecule has 3 heterocycles. The quantitative estimate of drug-likeness (QED) is 0.796. The number of hydrogen-bond acceptors (Lipinski definition) is 3. The Morgan fingerprint density at radius 3 is 2.35 bits per heavy atom. The standard InChI is InChI=1S/C14H27N3/c1-11(12-3-4-12)16(2)14(9-15)10-17-7-5-13(14)6-8-17/h11-13H,3-10,15H2,1-2H3. The highest BCUT2D eigenvalue weighted by atomic mass is 15.3. The average molecular weight is 237 g/mol. The van der Waals surface area contributed by atoms with Crippen LogP contribution in [0.4, 0.5) is 0 Å². The summed E-state index contributed by atoms with van der Waals surface area (Å²) in [5, 5.41) is 0. The molecule has 2 atom stereocenters. The summed E-state index contributed by atoms with van der Waals surface area (Å²) in [4.78, 5) is 5.28. The largest absolute Gasteiger partial charge is 0.329 e. The molecule has 0 amide bonds. The van der Waals surface area contributed by atoms with Crippen LogP contribution in [0.15, 0.2) is 0 Å². The van der Waals surface area contributed by atoms with E-state index in [1.54, 1.807) is 0 Å². The third-order valence-corrected chi connectivity index (χ3v) is 5.82. The Balaban J connectivity index is 1.80. The lowest BCUT2D eigenvalue weighted by Gasteiger charge is -2.58. The first kappa shape index (κ1) is 11.9. The van der Waals surface area contributed by atoms with Crippen molar-refractivity contribution in [2.75, 3.05) is 33.2 Å². The van der Waals surface area contributed by atoms with Gasteiger partial charge in [0.1, 0.15) is 0 Å². The first-order valence-electron chi connectivity index (χ1n) is 7.33. The lowest BCUT2D eigenvalue weighted by molar-refractivity contribution is -0.0735. The summed E-state index contributed by atoms with van der Waals surface area (Å²) in [6.07, 6.45) is 5.58. The van der Waals surface area contributed by atoms with Crippen molar-refractivity contribution in [1.29, 1.82) is 0 Å². The molecule has 98 valence electrons. The number of nitrogens with zero attached hydrogens (tertiary/aromatic N) is 2. The number of fused-ring (bicyclic) bond motifs is 3. The Morgan fingerprint density at radius 1 is 1.29 bits per heavy atom. The van der Waals surface area contributed by atoms with Crippen LogP contribution >= 0.6 is 0 Å². The predicted molar refractivity (Wildman–Crippen MR) is 70.9 cm³/mol. The van der Waals surface area contributed by atoms with E-state index in [2.05, 4.69) is 23.8 Å². The summed E-state index contributed by atoms with van der Waals surface area (Å²) in [7, 11) is 2.33. The lowest BCUT2D eigenvalue weighted by Crippen LogP contribution is -2.70. The summed E-state index contributed by atoms with van der Waals surface area (Å²) < 4.78 is 0. The van der Waals surface area contributed by atoms with E-state index in [1.807, 2.05) is 0 Å². The highest BCUT2D eigenvalue weighted by Crippen LogP contribution is 2.43. The molecule has 3 aliphatic heterocycles. The number of nitrogens with two attached hydrogens (primary N) is 1. The first-order valence-corrected chi connectivity index (χ1v) is 7.33. The molecule has 0 radical (unpaired) electrons. The average Bonchev–Trinajstić information content (AvgIpc) is 3.22. The molecular formula is C14H27N3. The van der Waals surface area contributed by atoms with E-state index in [9.17, 15) is 0 Å². The smallest absolute Gasteiger partial charge is 0.0487 e. The third kappa shape index (κ3) is 1.83. The Hall–Kier alpha value is -0.120. The molecule has 17 heavy (non-hydrogen) atoms. The van der Waals surface area contributed by atoms with Crippen molar-refractivity contribution in [3.63, 3.8) is 0 Å². The van der Waals surface area contributed by atoms with Crippen LogP contribution in [0.1, 0.15) is 32.6 Å². The fraction of sp³-hybridized carbons (Fsp3) is 1.00. The molecule has 0 spiro atoms. The minimum absolute atomic E-state index is 0.276. The van der Waals surface area contributed by atoms with Crippen LogP contribution in [-0.4, -0.2) is 54.6 Å². The van der Waals surface area contributed by atoms with Gasteiger partial charge in [-0.2, -0.15) is 0 Å². The van der Waals surface area contributed by atoms with Gasteiger partial charge in [0.15, 0.2) is 0 Å². The zero-order chi connectivity index (χ0) is 12.0. The van der Waals surface area contributed by atoms with Gasteiger partial charge in [0.25, 0.3) is 0 Å². The van der Waals surface area contributed by atoms with E-state index in [1.165, 1.54) is 45.3 Å². The van der Waals surface area contributed by atoms with E-state index in [4.69, 9.17) is 5.73 Å². The van der Waals surface area contributed by atoms with Crippen molar-refractivity contribution in [3.8, 4) is 0 Å².